The van der Waals surface area contributed by atoms with Crippen LogP contribution in [0.25, 0.3) is 42.1 Å². The summed E-state index contributed by atoms with van der Waals surface area (Å²) in [6, 6.07) is 0.970. The standard InChI is InChI=1S/C37H27NS/c1-37(2)33-22-26(17-20-29(33)32-19-16-24-10-6-7-13-28(24)36(32)37)38(25-11-4-3-5-12-25)27-18-21-31-30-14-8-9-15-34(30)39-35(31)23-27/h3-23H,1-2H3/i3D,4D,5D,6D,7D,8D,10D,11D,13D,14D,15D,16D,17D,19D,20D,21D. The van der Waals surface area contributed by atoms with Gasteiger partial charge in [0.05, 0.1) is 21.9 Å². The molecule has 0 saturated heterocycles. The van der Waals surface area contributed by atoms with Crippen molar-refractivity contribution in [1.29, 1.82) is 0 Å². The van der Waals surface area contributed by atoms with Crippen molar-refractivity contribution in [1.82, 2.24) is 0 Å². The highest BCUT2D eigenvalue weighted by Gasteiger charge is 2.37. The van der Waals surface area contributed by atoms with Crippen molar-refractivity contribution in [3.63, 3.8) is 0 Å². The predicted molar refractivity (Wildman–Crippen MR) is 169 cm³/mol. The SMILES string of the molecule is [2H]c1cc(N(c2cc([2H])c3c(c2)sc2c([2H])cc([2H])c([2H])c23)c2cc3c(c([2H])c2[2H])-c2c([2H])c([2H])c4c([2H])c([2H])c([2H])c([2H])c4c2C3(C)C)c([2H])c([2H])c1[2H]. The highest BCUT2D eigenvalue weighted by Crippen LogP contribution is 2.53. The molecule has 0 unspecified atom stereocenters. The number of para-hydroxylation sites is 1. The highest BCUT2D eigenvalue weighted by molar-refractivity contribution is 7.25. The van der Waals surface area contributed by atoms with Crippen LogP contribution in [0.3, 0.4) is 0 Å². The second-order valence-electron chi connectivity index (χ2n) is 9.79. The van der Waals surface area contributed by atoms with Crippen LogP contribution in [0, 0.1) is 0 Å². The number of benzene rings is 6. The lowest BCUT2D eigenvalue weighted by Gasteiger charge is -2.28. The minimum Gasteiger partial charge on any atom is -0.310 e. The van der Waals surface area contributed by atoms with Gasteiger partial charge in [0.1, 0.15) is 0 Å². The molecule has 1 heterocycles. The molecule has 0 bridgehead atoms. The quantitative estimate of drug-likeness (QED) is 0.218. The molecule has 186 valence electrons. The van der Waals surface area contributed by atoms with Gasteiger partial charge in [0.2, 0.25) is 0 Å². The first-order valence-corrected chi connectivity index (χ1v) is 13.0. The summed E-state index contributed by atoms with van der Waals surface area (Å²) in [7, 11) is 0. The third kappa shape index (κ3) is 3.32. The molecule has 1 aromatic heterocycles. The van der Waals surface area contributed by atoms with Gasteiger partial charge in [-0.05, 0) is 75.4 Å². The average Bonchev–Trinajstić information content (AvgIpc) is 3.64. The molecule has 1 aliphatic carbocycles. The second kappa shape index (κ2) is 8.30. The lowest BCUT2D eigenvalue weighted by Crippen LogP contribution is -2.17. The largest absolute Gasteiger partial charge is 0.310 e. The summed E-state index contributed by atoms with van der Waals surface area (Å²) in [6.45, 7) is 3.49. The molecule has 2 heteroatoms. The maximum Gasteiger partial charge on any atom is 0.0645 e. The summed E-state index contributed by atoms with van der Waals surface area (Å²) >= 11 is 1.11. The summed E-state index contributed by atoms with van der Waals surface area (Å²) < 4.78 is 140. The fourth-order valence-electron chi connectivity index (χ4n) is 5.48. The number of nitrogens with zero attached hydrogens (tertiary/aromatic N) is 1. The molecule has 0 atom stereocenters. The Kier molecular flexibility index (Phi) is 2.51. The van der Waals surface area contributed by atoms with Gasteiger partial charge in [0.25, 0.3) is 0 Å². The summed E-state index contributed by atoms with van der Waals surface area (Å²) in [4.78, 5) is 1.35. The van der Waals surface area contributed by atoms with Crippen LogP contribution in [0.4, 0.5) is 17.1 Å². The normalized spacial score (nSPS) is 19.3. The molecule has 39 heavy (non-hydrogen) atoms. The van der Waals surface area contributed by atoms with Crippen LogP contribution >= 0.6 is 11.3 Å². The van der Waals surface area contributed by atoms with Gasteiger partial charge in [-0.3, -0.25) is 0 Å². The third-order valence-corrected chi connectivity index (χ3v) is 8.31. The summed E-state index contributed by atoms with van der Waals surface area (Å²) in [5.74, 6) is 0. The first-order chi connectivity index (χ1) is 25.7. The zero-order valence-electron chi connectivity index (χ0n) is 36.7. The van der Waals surface area contributed by atoms with E-state index in [1.165, 1.54) is 23.1 Å². The molecule has 0 N–H and O–H groups in total. The Labute approximate surface area is 255 Å². The summed E-state index contributed by atoms with van der Waals surface area (Å²) in [5, 5.41) is 0.463. The van der Waals surface area contributed by atoms with Crippen molar-refractivity contribution in [3.05, 3.63) is 138 Å². The number of anilines is 3. The molecule has 0 amide bonds. The molecule has 0 aliphatic heterocycles. The Morgan fingerprint density at radius 1 is 0.615 bits per heavy atom. The van der Waals surface area contributed by atoms with E-state index in [9.17, 15) is 2.74 Å². The van der Waals surface area contributed by atoms with E-state index < -0.39 is 71.9 Å². The van der Waals surface area contributed by atoms with Crippen LogP contribution in [0.1, 0.15) is 46.9 Å². The smallest absolute Gasteiger partial charge is 0.0645 e. The number of hydrogen-bond acceptors (Lipinski definition) is 2. The first-order valence-electron chi connectivity index (χ1n) is 20.2. The van der Waals surface area contributed by atoms with Crippen LogP contribution in [0.2, 0.25) is 0 Å². The zero-order valence-corrected chi connectivity index (χ0v) is 21.6. The molecule has 0 radical (unpaired) electrons. The lowest BCUT2D eigenvalue weighted by atomic mass is 9.80. The van der Waals surface area contributed by atoms with Crippen molar-refractivity contribution in [2.45, 2.75) is 19.3 Å². The van der Waals surface area contributed by atoms with Crippen molar-refractivity contribution in [2.75, 3.05) is 4.90 Å². The van der Waals surface area contributed by atoms with Crippen molar-refractivity contribution in [3.8, 4) is 11.1 Å². The van der Waals surface area contributed by atoms with Gasteiger partial charge in [-0.2, -0.15) is 0 Å². The van der Waals surface area contributed by atoms with E-state index in [1.54, 1.807) is 26.0 Å². The molecule has 1 nitrogen and oxygen atoms in total. The van der Waals surface area contributed by atoms with E-state index in [0.717, 1.165) is 11.3 Å². The van der Waals surface area contributed by atoms with Gasteiger partial charge < -0.3 is 4.90 Å². The van der Waals surface area contributed by atoms with Gasteiger partial charge in [0.15, 0.2) is 0 Å². The monoisotopic (exact) mass is 533 g/mol. The molecule has 1 aliphatic rings. The number of hydrogen-bond donors (Lipinski definition) is 0. The van der Waals surface area contributed by atoms with Gasteiger partial charge in [0, 0.05) is 42.6 Å². The Morgan fingerprint density at radius 3 is 2.38 bits per heavy atom. The number of thiophene rings is 1. The topological polar surface area (TPSA) is 3.24 Å². The van der Waals surface area contributed by atoms with Crippen LogP contribution in [-0.4, -0.2) is 0 Å². The van der Waals surface area contributed by atoms with Crippen LogP contribution in [0.5, 0.6) is 0 Å². The maximum atomic E-state index is 9.43. The number of rotatable bonds is 3. The molecular weight excluding hydrogens is 490 g/mol. The predicted octanol–water partition coefficient (Wildman–Crippen LogP) is 11.0. The van der Waals surface area contributed by atoms with Crippen LogP contribution in [0.15, 0.2) is 127 Å². The molecular formula is C37H27NS. The Balaban J connectivity index is 1.48. The first kappa shape index (κ1) is 11.8. The van der Waals surface area contributed by atoms with E-state index >= 15 is 0 Å². The second-order valence-corrected chi connectivity index (χ2v) is 10.8. The molecule has 0 saturated carbocycles. The molecule has 0 spiro atoms. The number of fused-ring (bicyclic) bond motifs is 8. The average molecular weight is 534 g/mol. The van der Waals surface area contributed by atoms with E-state index in [2.05, 4.69) is 0 Å². The van der Waals surface area contributed by atoms with E-state index in [-0.39, 0.29) is 80.1 Å². The van der Waals surface area contributed by atoms with Gasteiger partial charge in [-0.1, -0.05) is 98.5 Å². The van der Waals surface area contributed by atoms with E-state index in [1.807, 2.05) is 0 Å². The Hall–Kier alpha value is -4.40. The zero-order chi connectivity index (χ0) is 40.1. The van der Waals surface area contributed by atoms with E-state index in [0.29, 0.717) is 20.3 Å². The summed E-state index contributed by atoms with van der Waals surface area (Å²) in [6.07, 6.45) is 0. The van der Waals surface area contributed by atoms with Gasteiger partial charge >= 0.3 is 0 Å². The Bertz CT molecular complexity index is 2930. The lowest BCUT2D eigenvalue weighted by molar-refractivity contribution is 0.666. The molecule has 6 aromatic carbocycles. The molecule has 8 rings (SSSR count). The minimum atomic E-state index is -1.19. The molecule has 7 aromatic rings. The molecule has 0 fully saturated rings. The third-order valence-electron chi connectivity index (χ3n) is 7.24. The minimum absolute atomic E-state index is 0.00174. The van der Waals surface area contributed by atoms with Gasteiger partial charge in [-0.15, -0.1) is 11.3 Å². The highest BCUT2D eigenvalue weighted by atomic mass is 32.1. The van der Waals surface area contributed by atoms with Crippen molar-refractivity contribution >= 4 is 59.3 Å². The van der Waals surface area contributed by atoms with Crippen molar-refractivity contribution in [2.24, 2.45) is 0 Å². The fraction of sp³-hybridized carbons (Fsp3) is 0.0811. The van der Waals surface area contributed by atoms with Crippen LogP contribution in [-0.2, 0) is 5.41 Å². The van der Waals surface area contributed by atoms with E-state index in [4.69, 9.17) is 19.2 Å². The van der Waals surface area contributed by atoms with Crippen molar-refractivity contribution < 1.29 is 21.9 Å². The summed E-state index contributed by atoms with van der Waals surface area (Å²) in [5.41, 5.74) is -0.313. The van der Waals surface area contributed by atoms with Crippen LogP contribution < -0.4 is 4.90 Å². The fourth-order valence-corrected chi connectivity index (χ4v) is 6.51. The van der Waals surface area contributed by atoms with Gasteiger partial charge in [-0.25, -0.2) is 0 Å². The maximum absolute atomic E-state index is 9.43. The Morgan fingerprint density at radius 2 is 1.44 bits per heavy atom.